The molecule has 5 nitrogen and oxygen atoms in total. The summed E-state index contributed by atoms with van der Waals surface area (Å²) in [5.74, 6) is 1.77. The van der Waals surface area contributed by atoms with Gasteiger partial charge in [-0.05, 0) is 37.6 Å². The first-order valence-corrected chi connectivity index (χ1v) is 9.17. The second kappa shape index (κ2) is 11.3. The number of aliphatic imine (C=N–C) groups is 1. The molecule has 2 N–H and O–H groups in total. The molecular weight excluding hydrogens is 445 g/mol. The summed E-state index contributed by atoms with van der Waals surface area (Å²) in [4.78, 5) is 14.0. The third-order valence-corrected chi connectivity index (χ3v) is 4.72. The van der Waals surface area contributed by atoms with Crippen LogP contribution in [0, 0.1) is 0 Å². The maximum Gasteiger partial charge on any atom is 0.191 e. The number of aromatic nitrogens is 1. The van der Waals surface area contributed by atoms with Crippen LogP contribution in [0.4, 0.5) is 5.82 Å². The molecule has 0 aliphatic carbocycles. The molecule has 0 unspecified atom stereocenters. The van der Waals surface area contributed by atoms with Crippen LogP contribution in [-0.2, 0) is 19.5 Å². The summed E-state index contributed by atoms with van der Waals surface area (Å²) < 4.78 is 0. The van der Waals surface area contributed by atoms with Crippen molar-refractivity contribution in [3.8, 4) is 0 Å². The molecule has 2 heterocycles. The van der Waals surface area contributed by atoms with Crippen LogP contribution in [0.5, 0.6) is 0 Å². The van der Waals surface area contributed by atoms with Crippen molar-refractivity contribution in [3.05, 3.63) is 45.8 Å². The number of nitrogens with zero attached hydrogens (tertiary/aromatic N) is 3. The summed E-state index contributed by atoms with van der Waals surface area (Å²) in [5, 5.41) is 6.68. The minimum atomic E-state index is 0. The van der Waals surface area contributed by atoms with Crippen molar-refractivity contribution >= 4 is 47.1 Å². The first kappa shape index (κ1) is 21.7. The molecule has 0 aromatic carbocycles. The van der Waals surface area contributed by atoms with Gasteiger partial charge in [0.25, 0.3) is 0 Å². The predicted molar refractivity (Wildman–Crippen MR) is 119 cm³/mol. The van der Waals surface area contributed by atoms with Crippen LogP contribution in [0.25, 0.3) is 0 Å². The standard InChI is InChI=1S/C18H27N5S.HI/c1-5-15-10-11-16(24-15)13-21-18(19-6-2)20-12-14-8-7-9-17(22-14)23(3)4;/h7-11H,5-6,12-13H2,1-4H3,(H2,19,20,21);1H. The number of hydrogen-bond donors (Lipinski definition) is 2. The number of aryl methyl sites for hydroxylation is 1. The molecule has 7 heteroatoms. The fraction of sp³-hybridized carbons (Fsp3) is 0.444. The zero-order chi connectivity index (χ0) is 17.4. The summed E-state index contributed by atoms with van der Waals surface area (Å²) in [6.07, 6.45) is 1.09. The van der Waals surface area contributed by atoms with Gasteiger partial charge in [0.1, 0.15) is 5.82 Å². The number of pyridine rings is 1. The van der Waals surface area contributed by atoms with Gasteiger partial charge in [0.15, 0.2) is 5.96 Å². The van der Waals surface area contributed by atoms with Gasteiger partial charge in [0.05, 0.1) is 18.8 Å². The first-order chi connectivity index (χ1) is 11.6. The van der Waals surface area contributed by atoms with E-state index in [1.807, 2.05) is 48.5 Å². The van der Waals surface area contributed by atoms with Crippen molar-refractivity contribution in [2.24, 2.45) is 4.99 Å². The van der Waals surface area contributed by atoms with Crippen LogP contribution in [0.3, 0.4) is 0 Å². The van der Waals surface area contributed by atoms with Crippen molar-refractivity contribution in [1.82, 2.24) is 15.6 Å². The minimum Gasteiger partial charge on any atom is -0.363 e. The molecule has 0 atom stereocenters. The Morgan fingerprint density at radius 3 is 2.52 bits per heavy atom. The van der Waals surface area contributed by atoms with E-state index in [1.54, 1.807) is 0 Å². The molecule has 0 aliphatic rings. The minimum absolute atomic E-state index is 0. The van der Waals surface area contributed by atoms with Gasteiger partial charge in [-0.3, -0.25) is 0 Å². The van der Waals surface area contributed by atoms with Crippen LogP contribution >= 0.6 is 35.3 Å². The molecule has 2 rings (SSSR count). The van der Waals surface area contributed by atoms with E-state index in [0.717, 1.165) is 37.0 Å². The number of guanidine groups is 1. The summed E-state index contributed by atoms with van der Waals surface area (Å²) in [6, 6.07) is 10.4. The van der Waals surface area contributed by atoms with Gasteiger partial charge in [-0.15, -0.1) is 35.3 Å². The summed E-state index contributed by atoms with van der Waals surface area (Å²) in [7, 11) is 3.99. The predicted octanol–water partition coefficient (Wildman–Crippen LogP) is 3.64. The lowest BCUT2D eigenvalue weighted by molar-refractivity contribution is 0.818. The lowest BCUT2D eigenvalue weighted by atomic mass is 10.3. The zero-order valence-electron chi connectivity index (χ0n) is 15.4. The normalized spacial score (nSPS) is 11.0. The lowest BCUT2D eigenvalue weighted by Crippen LogP contribution is -2.36. The number of nitrogens with one attached hydrogen (secondary N) is 2. The number of anilines is 1. The van der Waals surface area contributed by atoms with Gasteiger partial charge >= 0.3 is 0 Å². The number of thiophene rings is 1. The van der Waals surface area contributed by atoms with Crippen molar-refractivity contribution < 1.29 is 0 Å². The maximum absolute atomic E-state index is 4.64. The van der Waals surface area contributed by atoms with Gasteiger partial charge in [-0.2, -0.15) is 0 Å². The summed E-state index contributed by atoms with van der Waals surface area (Å²) in [6.45, 7) is 6.44. The smallest absolute Gasteiger partial charge is 0.191 e. The molecule has 138 valence electrons. The summed E-state index contributed by atoms with van der Waals surface area (Å²) in [5.41, 5.74) is 0.961. The highest BCUT2D eigenvalue weighted by atomic mass is 127. The van der Waals surface area contributed by atoms with E-state index in [2.05, 4.69) is 46.6 Å². The van der Waals surface area contributed by atoms with Crippen LogP contribution in [-0.4, -0.2) is 31.6 Å². The highest BCUT2D eigenvalue weighted by molar-refractivity contribution is 14.0. The molecule has 2 aromatic rings. The third kappa shape index (κ3) is 7.19. The van der Waals surface area contributed by atoms with E-state index < -0.39 is 0 Å². The Bertz CT molecular complexity index is 669. The molecule has 0 spiro atoms. The first-order valence-electron chi connectivity index (χ1n) is 8.35. The van der Waals surface area contributed by atoms with E-state index in [1.165, 1.54) is 9.75 Å². The van der Waals surface area contributed by atoms with Gasteiger partial charge in [0, 0.05) is 30.4 Å². The van der Waals surface area contributed by atoms with Crippen molar-refractivity contribution in [3.63, 3.8) is 0 Å². The van der Waals surface area contributed by atoms with Crippen molar-refractivity contribution in [2.75, 3.05) is 25.5 Å². The Labute approximate surface area is 172 Å². The van der Waals surface area contributed by atoms with Crippen LogP contribution in [0.2, 0.25) is 0 Å². The zero-order valence-corrected chi connectivity index (χ0v) is 18.5. The molecular formula is C18H28IN5S. The second-order valence-corrected chi connectivity index (χ2v) is 6.90. The van der Waals surface area contributed by atoms with Gasteiger partial charge in [-0.1, -0.05) is 13.0 Å². The SMILES string of the molecule is CCNC(=NCc1cccc(N(C)C)n1)NCc1ccc(CC)s1.I. The molecule has 0 aliphatic heterocycles. The molecule has 0 fully saturated rings. The van der Waals surface area contributed by atoms with Crippen LogP contribution < -0.4 is 15.5 Å². The van der Waals surface area contributed by atoms with Gasteiger partial charge in [0.2, 0.25) is 0 Å². The van der Waals surface area contributed by atoms with Crippen LogP contribution in [0.15, 0.2) is 35.3 Å². The topological polar surface area (TPSA) is 52.6 Å². The molecule has 2 aromatic heterocycles. The van der Waals surface area contributed by atoms with Gasteiger partial charge in [-0.25, -0.2) is 9.98 Å². The third-order valence-electron chi connectivity index (χ3n) is 3.49. The largest absolute Gasteiger partial charge is 0.363 e. The fourth-order valence-electron chi connectivity index (χ4n) is 2.18. The Balaban J connectivity index is 0.00000312. The van der Waals surface area contributed by atoms with Crippen molar-refractivity contribution in [2.45, 2.75) is 33.4 Å². The van der Waals surface area contributed by atoms with Crippen LogP contribution in [0.1, 0.15) is 29.3 Å². The van der Waals surface area contributed by atoms with E-state index >= 15 is 0 Å². The summed E-state index contributed by atoms with van der Waals surface area (Å²) >= 11 is 1.85. The van der Waals surface area contributed by atoms with E-state index in [0.29, 0.717) is 6.54 Å². The van der Waals surface area contributed by atoms with E-state index in [9.17, 15) is 0 Å². The average molecular weight is 473 g/mol. The Morgan fingerprint density at radius 1 is 1.12 bits per heavy atom. The quantitative estimate of drug-likeness (QED) is 0.366. The average Bonchev–Trinajstić information content (AvgIpc) is 3.05. The number of hydrogen-bond acceptors (Lipinski definition) is 4. The van der Waals surface area contributed by atoms with E-state index in [-0.39, 0.29) is 24.0 Å². The lowest BCUT2D eigenvalue weighted by Gasteiger charge is -2.12. The highest BCUT2D eigenvalue weighted by Crippen LogP contribution is 2.16. The Kier molecular flexibility index (Phi) is 9.81. The molecule has 0 bridgehead atoms. The second-order valence-electron chi connectivity index (χ2n) is 5.65. The molecule has 0 amide bonds. The van der Waals surface area contributed by atoms with Crippen molar-refractivity contribution in [1.29, 1.82) is 0 Å². The molecule has 0 saturated carbocycles. The number of halogens is 1. The van der Waals surface area contributed by atoms with E-state index in [4.69, 9.17) is 0 Å². The molecule has 0 saturated heterocycles. The number of rotatable bonds is 7. The Morgan fingerprint density at radius 2 is 1.88 bits per heavy atom. The molecule has 25 heavy (non-hydrogen) atoms. The molecule has 0 radical (unpaired) electrons. The maximum atomic E-state index is 4.64. The highest BCUT2D eigenvalue weighted by Gasteiger charge is 2.03. The monoisotopic (exact) mass is 473 g/mol. The fourth-order valence-corrected chi connectivity index (χ4v) is 3.08. The van der Waals surface area contributed by atoms with Gasteiger partial charge < -0.3 is 15.5 Å². The Hall–Kier alpha value is -1.35.